The van der Waals surface area contributed by atoms with Crippen LogP contribution in [0.5, 0.6) is 5.75 Å². The maximum Gasteiger partial charge on any atom is 0.273 e. The van der Waals surface area contributed by atoms with Crippen molar-refractivity contribution >= 4 is 39.0 Å². The first-order chi connectivity index (χ1) is 10.6. The van der Waals surface area contributed by atoms with Crippen molar-refractivity contribution in [3.8, 4) is 5.75 Å². The number of aromatic amines is 1. The first kappa shape index (κ1) is 14.3. The second-order valence-electron chi connectivity index (χ2n) is 4.65. The molecule has 22 heavy (non-hydrogen) atoms. The van der Waals surface area contributed by atoms with E-state index in [1.165, 1.54) is 6.21 Å². The number of carbonyl (C=O) groups excluding carboxylic acids is 1. The Kier molecular flexibility index (Phi) is 3.93. The monoisotopic (exact) mass is 357 g/mol. The van der Waals surface area contributed by atoms with Crippen molar-refractivity contribution in [1.82, 2.24) is 10.4 Å². The largest absolute Gasteiger partial charge is 0.507 e. The fourth-order valence-corrected chi connectivity index (χ4v) is 2.50. The molecule has 110 valence electrons. The summed E-state index contributed by atoms with van der Waals surface area (Å²) in [6.45, 7) is 0. The van der Waals surface area contributed by atoms with Gasteiger partial charge < -0.3 is 10.1 Å². The van der Waals surface area contributed by atoms with Gasteiger partial charge in [0.15, 0.2) is 0 Å². The van der Waals surface area contributed by atoms with Crippen LogP contribution in [0.15, 0.2) is 58.2 Å². The molecule has 1 aromatic heterocycles. The molecular weight excluding hydrogens is 346 g/mol. The zero-order chi connectivity index (χ0) is 15.5. The lowest BCUT2D eigenvalue weighted by Crippen LogP contribution is -2.18. The lowest BCUT2D eigenvalue weighted by molar-refractivity contribution is 0.0956. The second-order valence-corrected chi connectivity index (χ2v) is 5.57. The summed E-state index contributed by atoms with van der Waals surface area (Å²) in [4.78, 5) is 15.2. The molecule has 3 aromatic rings. The number of hydrazone groups is 1. The molecule has 0 bridgehead atoms. The van der Waals surface area contributed by atoms with Crippen molar-refractivity contribution in [3.05, 3.63) is 64.3 Å². The normalized spacial score (nSPS) is 11.1. The number of halogens is 1. The number of phenolic OH excluding ortho intramolecular Hbond substituents is 1. The Bertz CT molecular complexity index is 871. The predicted octanol–water partition coefficient (Wildman–Crippen LogP) is 3.40. The molecule has 6 heteroatoms. The molecule has 1 heterocycles. The highest BCUT2D eigenvalue weighted by atomic mass is 79.9. The van der Waals surface area contributed by atoms with Gasteiger partial charge in [0.2, 0.25) is 0 Å². The van der Waals surface area contributed by atoms with E-state index in [1.807, 2.05) is 18.2 Å². The third kappa shape index (κ3) is 2.87. The Labute approximate surface area is 134 Å². The zero-order valence-corrected chi connectivity index (χ0v) is 13.0. The van der Waals surface area contributed by atoms with Crippen molar-refractivity contribution in [3.63, 3.8) is 0 Å². The number of nitrogens with zero attached hydrogens (tertiary/aromatic N) is 1. The van der Waals surface area contributed by atoms with Crippen LogP contribution in [0.3, 0.4) is 0 Å². The van der Waals surface area contributed by atoms with Gasteiger partial charge in [0, 0.05) is 21.6 Å². The number of benzene rings is 2. The number of carbonyl (C=O) groups is 1. The number of rotatable bonds is 3. The lowest BCUT2D eigenvalue weighted by atomic mass is 10.1. The summed E-state index contributed by atoms with van der Waals surface area (Å²) in [5, 5.41) is 14.6. The van der Waals surface area contributed by atoms with Crippen LogP contribution in [0.4, 0.5) is 0 Å². The molecule has 2 aromatic carbocycles. The van der Waals surface area contributed by atoms with E-state index in [4.69, 9.17) is 0 Å². The topological polar surface area (TPSA) is 77.5 Å². The van der Waals surface area contributed by atoms with E-state index in [2.05, 4.69) is 31.4 Å². The van der Waals surface area contributed by atoms with Crippen LogP contribution in [0.25, 0.3) is 10.9 Å². The number of H-pyrrole nitrogens is 1. The summed E-state index contributed by atoms with van der Waals surface area (Å²) in [5.74, 6) is -0.230. The van der Waals surface area contributed by atoms with Gasteiger partial charge in [-0.1, -0.05) is 28.1 Å². The van der Waals surface area contributed by atoms with E-state index in [0.29, 0.717) is 11.1 Å². The van der Waals surface area contributed by atoms with Gasteiger partial charge in [-0.05, 0) is 30.3 Å². The number of aromatic hydroxyl groups is 1. The first-order valence-corrected chi connectivity index (χ1v) is 7.32. The number of hydrogen-bond donors (Lipinski definition) is 3. The minimum atomic E-state index is -0.321. The van der Waals surface area contributed by atoms with E-state index in [0.717, 1.165) is 15.4 Å². The molecule has 0 fully saturated rings. The van der Waals surface area contributed by atoms with Crippen LogP contribution in [0.2, 0.25) is 0 Å². The molecule has 0 aliphatic carbocycles. The Morgan fingerprint density at radius 2 is 2.14 bits per heavy atom. The molecule has 3 rings (SSSR count). The average Bonchev–Trinajstić information content (AvgIpc) is 2.99. The number of para-hydroxylation sites is 1. The van der Waals surface area contributed by atoms with E-state index < -0.39 is 0 Å². The quantitative estimate of drug-likeness (QED) is 0.496. The molecule has 0 radical (unpaired) electrons. The molecule has 0 aliphatic rings. The fourth-order valence-electron chi connectivity index (χ4n) is 2.12. The zero-order valence-electron chi connectivity index (χ0n) is 11.4. The van der Waals surface area contributed by atoms with Gasteiger partial charge in [0.25, 0.3) is 5.91 Å². The highest BCUT2D eigenvalue weighted by molar-refractivity contribution is 9.10. The Morgan fingerprint density at radius 1 is 1.27 bits per heavy atom. The van der Waals surface area contributed by atoms with Gasteiger partial charge in [-0.3, -0.25) is 4.79 Å². The van der Waals surface area contributed by atoms with Crippen LogP contribution < -0.4 is 5.43 Å². The van der Waals surface area contributed by atoms with Crippen LogP contribution in [-0.2, 0) is 0 Å². The molecule has 0 saturated carbocycles. The van der Waals surface area contributed by atoms with E-state index in [-0.39, 0.29) is 11.7 Å². The van der Waals surface area contributed by atoms with Gasteiger partial charge in [-0.2, -0.15) is 5.10 Å². The summed E-state index contributed by atoms with van der Waals surface area (Å²) < 4.78 is 0.814. The maximum absolute atomic E-state index is 12.2. The molecule has 0 spiro atoms. The van der Waals surface area contributed by atoms with Crippen molar-refractivity contribution in [2.24, 2.45) is 5.10 Å². The number of fused-ring (bicyclic) bond motifs is 1. The molecule has 3 N–H and O–H groups in total. The molecule has 0 aliphatic heterocycles. The van der Waals surface area contributed by atoms with Crippen LogP contribution in [0.1, 0.15) is 15.9 Å². The van der Waals surface area contributed by atoms with Crippen LogP contribution in [0, 0.1) is 0 Å². The maximum atomic E-state index is 12.2. The minimum Gasteiger partial charge on any atom is -0.507 e. The van der Waals surface area contributed by atoms with Crippen molar-refractivity contribution in [2.75, 3.05) is 0 Å². The first-order valence-electron chi connectivity index (χ1n) is 6.53. The number of aromatic nitrogens is 1. The highest BCUT2D eigenvalue weighted by Gasteiger charge is 2.09. The Morgan fingerprint density at radius 3 is 3.00 bits per heavy atom. The molecule has 0 atom stereocenters. The smallest absolute Gasteiger partial charge is 0.273 e. The van der Waals surface area contributed by atoms with E-state index in [9.17, 15) is 9.90 Å². The standard InChI is InChI=1S/C16H12BrN3O2/c17-12-4-5-14(21)11(8-12)9-19-20-16(22)13-3-1-2-10-6-7-18-15(10)13/h1-9,18,21H,(H,20,22)/b19-9-. The molecule has 0 unspecified atom stereocenters. The number of hydrogen-bond acceptors (Lipinski definition) is 3. The lowest BCUT2D eigenvalue weighted by Gasteiger charge is -2.02. The number of phenols is 1. The summed E-state index contributed by atoms with van der Waals surface area (Å²) in [5.41, 5.74) is 4.24. The highest BCUT2D eigenvalue weighted by Crippen LogP contribution is 2.20. The van der Waals surface area contributed by atoms with Crippen LogP contribution in [-0.4, -0.2) is 22.2 Å². The van der Waals surface area contributed by atoms with Gasteiger partial charge in [0.05, 0.1) is 17.3 Å². The molecular formula is C16H12BrN3O2. The van der Waals surface area contributed by atoms with Gasteiger partial charge in [0.1, 0.15) is 5.75 Å². The van der Waals surface area contributed by atoms with E-state index in [1.54, 1.807) is 30.5 Å². The van der Waals surface area contributed by atoms with Crippen molar-refractivity contribution < 1.29 is 9.90 Å². The van der Waals surface area contributed by atoms with E-state index >= 15 is 0 Å². The SMILES string of the molecule is O=C(N/N=C\c1cc(Br)ccc1O)c1cccc2cc[nH]c12. The number of nitrogens with one attached hydrogen (secondary N) is 2. The summed E-state index contributed by atoms with van der Waals surface area (Å²) in [6.07, 6.45) is 3.18. The fraction of sp³-hybridized carbons (Fsp3) is 0. The van der Waals surface area contributed by atoms with Crippen molar-refractivity contribution in [2.45, 2.75) is 0 Å². The molecule has 1 amide bonds. The van der Waals surface area contributed by atoms with Crippen LogP contribution >= 0.6 is 15.9 Å². The van der Waals surface area contributed by atoms with Gasteiger partial charge in [-0.15, -0.1) is 0 Å². The minimum absolute atomic E-state index is 0.0904. The summed E-state index contributed by atoms with van der Waals surface area (Å²) >= 11 is 3.31. The Hall–Kier alpha value is -2.60. The van der Waals surface area contributed by atoms with Gasteiger partial charge >= 0.3 is 0 Å². The number of amides is 1. The average molecular weight is 358 g/mol. The third-order valence-electron chi connectivity index (χ3n) is 3.19. The molecule has 0 saturated heterocycles. The summed E-state index contributed by atoms with van der Waals surface area (Å²) in [6, 6.07) is 12.3. The van der Waals surface area contributed by atoms with Crippen molar-refractivity contribution in [1.29, 1.82) is 0 Å². The van der Waals surface area contributed by atoms with Gasteiger partial charge in [-0.25, -0.2) is 5.43 Å². The summed E-state index contributed by atoms with van der Waals surface area (Å²) in [7, 11) is 0. The predicted molar refractivity (Wildman–Crippen MR) is 89.2 cm³/mol. The molecule has 5 nitrogen and oxygen atoms in total. The Balaban J connectivity index is 1.79. The third-order valence-corrected chi connectivity index (χ3v) is 3.68. The second kappa shape index (κ2) is 6.03.